The number of carbonyl (C=O) groups excluding carboxylic acids is 2. The van der Waals surface area contributed by atoms with Crippen molar-refractivity contribution in [1.29, 1.82) is 0 Å². The zero-order chi connectivity index (χ0) is 21.5. The van der Waals surface area contributed by atoms with E-state index in [-0.39, 0.29) is 24.2 Å². The molecule has 1 fully saturated rings. The number of Topliss-reactive ketones (excluding diaryl/α,β-unsaturated/α-hetero) is 1. The molecular formula is C22H26BrN3O4. The number of rotatable bonds is 8. The summed E-state index contributed by atoms with van der Waals surface area (Å²) < 4.78 is 6.48. The Labute approximate surface area is 184 Å². The van der Waals surface area contributed by atoms with E-state index in [1.54, 1.807) is 36.5 Å². The molecule has 160 valence electrons. The molecule has 1 aliphatic heterocycles. The Morgan fingerprint density at radius 1 is 1.30 bits per heavy atom. The van der Waals surface area contributed by atoms with Gasteiger partial charge >= 0.3 is 0 Å². The second kappa shape index (κ2) is 10.7. The molecule has 3 rings (SSSR count). The third-order valence-corrected chi connectivity index (χ3v) is 5.50. The summed E-state index contributed by atoms with van der Waals surface area (Å²) in [7, 11) is 0. The molecule has 7 nitrogen and oxygen atoms in total. The molecule has 2 N–H and O–H groups in total. The standard InChI is InChI=1S/C22H26BrN3O4/c1-15(27)16-4-7-20(8-5-16)30-14-19(28)13-26-10-2-3-17(12-26)22(29)25-21-9-6-18(23)11-24-21/h4-9,11,17,19,28H,2-3,10,12-14H2,1H3,(H,24,25,29). The van der Waals surface area contributed by atoms with E-state index >= 15 is 0 Å². The molecule has 2 atom stereocenters. The van der Waals surface area contributed by atoms with E-state index < -0.39 is 6.10 Å². The number of ether oxygens (including phenoxy) is 1. The van der Waals surface area contributed by atoms with Gasteiger partial charge in [-0.3, -0.25) is 14.5 Å². The van der Waals surface area contributed by atoms with E-state index in [2.05, 4.69) is 31.1 Å². The Hall–Kier alpha value is -2.29. The first-order chi connectivity index (χ1) is 14.4. The molecule has 0 radical (unpaired) electrons. The Balaban J connectivity index is 1.44. The number of nitrogens with zero attached hydrogens (tertiary/aromatic N) is 2. The van der Waals surface area contributed by atoms with Gasteiger partial charge in [0.15, 0.2) is 5.78 Å². The number of aromatic nitrogens is 1. The van der Waals surface area contributed by atoms with Crippen LogP contribution in [0.5, 0.6) is 5.75 Å². The first-order valence-corrected chi connectivity index (χ1v) is 10.8. The molecule has 0 spiro atoms. The molecule has 2 unspecified atom stereocenters. The van der Waals surface area contributed by atoms with Crippen molar-refractivity contribution < 1.29 is 19.4 Å². The van der Waals surface area contributed by atoms with Crippen LogP contribution in [0.3, 0.4) is 0 Å². The van der Waals surface area contributed by atoms with Gasteiger partial charge in [0.05, 0.1) is 5.92 Å². The minimum Gasteiger partial charge on any atom is -0.491 e. The Morgan fingerprint density at radius 3 is 2.73 bits per heavy atom. The van der Waals surface area contributed by atoms with Gasteiger partial charge in [-0.15, -0.1) is 0 Å². The van der Waals surface area contributed by atoms with Crippen molar-refractivity contribution in [3.05, 3.63) is 52.6 Å². The number of amides is 1. The number of aliphatic hydroxyl groups is 1. The van der Waals surface area contributed by atoms with Crippen molar-refractivity contribution >= 4 is 33.4 Å². The fraction of sp³-hybridized carbons (Fsp3) is 0.409. The van der Waals surface area contributed by atoms with Crippen LogP contribution in [0.25, 0.3) is 0 Å². The Kier molecular flexibility index (Phi) is 7.95. The number of aliphatic hydroxyl groups excluding tert-OH is 1. The lowest BCUT2D eigenvalue weighted by Crippen LogP contribution is -2.44. The van der Waals surface area contributed by atoms with Crippen LogP contribution < -0.4 is 10.1 Å². The van der Waals surface area contributed by atoms with Gasteiger partial charge in [0.1, 0.15) is 24.3 Å². The number of halogens is 1. The highest BCUT2D eigenvalue weighted by Gasteiger charge is 2.27. The van der Waals surface area contributed by atoms with Crippen LogP contribution >= 0.6 is 15.9 Å². The Bertz CT molecular complexity index is 858. The van der Waals surface area contributed by atoms with Gasteiger partial charge in [0.25, 0.3) is 0 Å². The van der Waals surface area contributed by atoms with E-state index in [0.29, 0.717) is 30.2 Å². The molecule has 1 aliphatic rings. The molecule has 30 heavy (non-hydrogen) atoms. The highest BCUT2D eigenvalue weighted by atomic mass is 79.9. The average molecular weight is 476 g/mol. The normalized spacial score (nSPS) is 17.9. The summed E-state index contributed by atoms with van der Waals surface area (Å²) in [4.78, 5) is 30.2. The predicted molar refractivity (Wildman–Crippen MR) is 118 cm³/mol. The number of carbonyl (C=O) groups is 2. The molecular weight excluding hydrogens is 450 g/mol. The summed E-state index contributed by atoms with van der Waals surface area (Å²) in [5.74, 6) is 0.949. The van der Waals surface area contributed by atoms with Crippen molar-refractivity contribution in [3.8, 4) is 5.75 Å². The summed E-state index contributed by atoms with van der Waals surface area (Å²) in [5, 5.41) is 13.2. The number of pyridine rings is 1. The SMILES string of the molecule is CC(=O)c1ccc(OCC(O)CN2CCCC(C(=O)Nc3ccc(Br)cn3)C2)cc1. The summed E-state index contributed by atoms with van der Waals surface area (Å²) in [6.07, 6.45) is 2.68. The van der Waals surface area contributed by atoms with Gasteiger partial charge in [-0.25, -0.2) is 4.98 Å². The minimum absolute atomic E-state index is 0.00110. The fourth-order valence-electron chi connectivity index (χ4n) is 3.44. The van der Waals surface area contributed by atoms with E-state index in [1.807, 2.05) is 6.07 Å². The van der Waals surface area contributed by atoms with E-state index in [0.717, 1.165) is 23.9 Å². The maximum atomic E-state index is 12.6. The highest BCUT2D eigenvalue weighted by Crippen LogP contribution is 2.19. The number of benzene rings is 1. The number of nitrogens with one attached hydrogen (secondary N) is 1. The zero-order valence-corrected chi connectivity index (χ0v) is 18.5. The summed E-state index contributed by atoms with van der Waals surface area (Å²) in [6, 6.07) is 10.4. The number of β-amino-alcohol motifs (C(OH)–C–C–N with tert-alkyl or cyclic N) is 1. The van der Waals surface area contributed by atoms with Gasteiger partial charge in [-0.2, -0.15) is 0 Å². The van der Waals surface area contributed by atoms with Crippen LogP contribution in [0.15, 0.2) is 47.1 Å². The highest BCUT2D eigenvalue weighted by molar-refractivity contribution is 9.10. The number of hydrogen-bond acceptors (Lipinski definition) is 6. The largest absolute Gasteiger partial charge is 0.491 e. The van der Waals surface area contributed by atoms with E-state index in [4.69, 9.17) is 4.74 Å². The van der Waals surface area contributed by atoms with Crippen LogP contribution in [0.1, 0.15) is 30.1 Å². The zero-order valence-electron chi connectivity index (χ0n) is 16.9. The maximum absolute atomic E-state index is 12.6. The van der Waals surface area contributed by atoms with Crippen molar-refractivity contribution in [3.63, 3.8) is 0 Å². The van der Waals surface area contributed by atoms with E-state index in [1.165, 1.54) is 6.92 Å². The first-order valence-electron chi connectivity index (χ1n) is 9.97. The predicted octanol–water partition coefficient (Wildman–Crippen LogP) is 3.14. The lowest BCUT2D eigenvalue weighted by atomic mass is 9.97. The number of piperidine rings is 1. The lowest BCUT2D eigenvalue weighted by molar-refractivity contribution is -0.121. The van der Waals surface area contributed by atoms with Crippen LogP contribution in [-0.4, -0.2) is 59.0 Å². The molecule has 0 saturated carbocycles. The number of ketones is 1. The summed E-state index contributed by atoms with van der Waals surface area (Å²) >= 11 is 3.33. The smallest absolute Gasteiger partial charge is 0.229 e. The molecule has 8 heteroatoms. The molecule has 1 aromatic carbocycles. The third-order valence-electron chi connectivity index (χ3n) is 5.03. The van der Waals surface area contributed by atoms with Gasteiger partial charge in [-0.05, 0) is 78.6 Å². The summed E-state index contributed by atoms with van der Waals surface area (Å²) in [6.45, 7) is 3.53. The maximum Gasteiger partial charge on any atom is 0.229 e. The lowest BCUT2D eigenvalue weighted by Gasteiger charge is -2.33. The van der Waals surface area contributed by atoms with Crippen LogP contribution in [0, 0.1) is 5.92 Å². The van der Waals surface area contributed by atoms with Crippen molar-refractivity contribution in [2.45, 2.75) is 25.9 Å². The van der Waals surface area contributed by atoms with Crippen LogP contribution in [-0.2, 0) is 4.79 Å². The van der Waals surface area contributed by atoms with Crippen molar-refractivity contribution in [2.75, 3.05) is 31.6 Å². The molecule has 1 aromatic heterocycles. The number of anilines is 1. The molecule has 2 aromatic rings. The van der Waals surface area contributed by atoms with Gasteiger partial charge in [0, 0.05) is 29.3 Å². The van der Waals surface area contributed by atoms with Crippen molar-refractivity contribution in [2.24, 2.45) is 5.92 Å². The third kappa shape index (κ3) is 6.62. The monoisotopic (exact) mass is 475 g/mol. The molecule has 1 amide bonds. The van der Waals surface area contributed by atoms with Crippen LogP contribution in [0.4, 0.5) is 5.82 Å². The molecule has 0 bridgehead atoms. The second-order valence-corrected chi connectivity index (χ2v) is 8.41. The molecule has 0 aliphatic carbocycles. The topological polar surface area (TPSA) is 91.8 Å². The van der Waals surface area contributed by atoms with Gasteiger partial charge in [-0.1, -0.05) is 0 Å². The number of likely N-dealkylation sites (tertiary alicyclic amines) is 1. The second-order valence-electron chi connectivity index (χ2n) is 7.50. The van der Waals surface area contributed by atoms with Gasteiger partial charge in [0.2, 0.25) is 5.91 Å². The number of hydrogen-bond donors (Lipinski definition) is 2. The fourth-order valence-corrected chi connectivity index (χ4v) is 3.68. The van der Waals surface area contributed by atoms with Crippen LogP contribution in [0.2, 0.25) is 0 Å². The quantitative estimate of drug-likeness (QED) is 0.569. The summed E-state index contributed by atoms with van der Waals surface area (Å²) in [5.41, 5.74) is 0.624. The van der Waals surface area contributed by atoms with Gasteiger partial charge < -0.3 is 15.2 Å². The first kappa shape index (κ1) is 22.4. The van der Waals surface area contributed by atoms with Crippen molar-refractivity contribution in [1.82, 2.24) is 9.88 Å². The molecule has 1 saturated heterocycles. The molecule has 2 heterocycles. The van der Waals surface area contributed by atoms with E-state index in [9.17, 15) is 14.7 Å². The average Bonchev–Trinajstić information content (AvgIpc) is 2.74. The Morgan fingerprint density at radius 2 is 2.07 bits per heavy atom. The minimum atomic E-state index is -0.674.